The summed E-state index contributed by atoms with van der Waals surface area (Å²) in [6.45, 7) is 3.37. The van der Waals surface area contributed by atoms with Crippen molar-refractivity contribution in [3.05, 3.63) is 30.1 Å². The minimum atomic E-state index is -4.11. The number of nitrogens with zero attached hydrogens (tertiary/aromatic N) is 1. The molecule has 2 aromatic rings. The van der Waals surface area contributed by atoms with Gasteiger partial charge in [-0.25, -0.2) is 4.98 Å². The molecule has 1 aromatic carbocycles. The highest BCUT2D eigenvalue weighted by atomic mass is 33.1. The molecule has 0 aliphatic carbocycles. The molecule has 1 heterocycles. The summed E-state index contributed by atoms with van der Waals surface area (Å²) in [4.78, 5) is 7.37. The monoisotopic (exact) mass is 272 g/mol. The minimum Gasteiger partial charge on any atom is -0.341 e. The van der Waals surface area contributed by atoms with Crippen LogP contribution in [0.4, 0.5) is 0 Å². The van der Waals surface area contributed by atoms with Crippen LogP contribution in [0.3, 0.4) is 0 Å². The van der Waals surface area contributed by atoms with E-state index < -0.39 is 13.9 Å². The van der Waals surface area contributed by atoms with E-state index >= 15 is 0 Å². The third kappa shape index (κ3) is 2.80. The summed E-state index contributed by atoms with van der Waals surface area (Å²) in [5.74, 6) is 0.515. The van der Waals surface area contributed by atoms with E-state index in [4.69, 9.17) is 4.55 Å². The van der Waals surface area contributed by atoms with Crippen molar-refractivity contribution < 1.29 is 13.0 Å². The fourth-order valence-corrected chi connectivity index (χ4v) is 4.06. The van der Waals surface area contributed by atoms with Crippen molar-refractivity contribution in [1.82, 2.24) is 9.97 Å². The maximum Gasteiger partial charge on any atom is 0.320 e. The van der Waals surface area contributed by atoms with Gasteiger partial charge in [0.1, 0.15) is 5.82 Å². The van der Waals surface area contributed by atoms with Crippen LogP contribution in [0, 0.1) is 0 Å². The summed E-state index contributed by atoms with van der Waals surface area (Å²) in [6.07, 6.45) is 0. The second-order valence-corrected chi connectivity index (χ2v) is 7.93. The maximum absolute atomic E-state index is 10.9. The van der Waals surface area contributed by atoms with Gasteiger partial charge in [0, 0.05) is 10.8 Å². The Morgan fingerprint density at radius 2 is 2.00 bits per heavy atom. The Bertz CT molecular complexity index is 613. The van der Waals surface area contributed by atoms with E-state index in [0.29, 0.717) is 16.6 Å². The van der Waals surface area contributed by atoms with Gasteiger partial charge in [-0.1, -0.05) is 12.1 Å². The van der Waals surface area contributed by atoms with Crippen LogP contribution in [0.25, 0.3) is 11.0 Å². The number of hydrogen-bond acceptors (Lipinski definition) is 4. The largest absolute Gasteiger partial charge is 0.341 e. The first-order chi connectivity index (χ1) is 7.78. The van der Waals surface area contributed by atoms with Crippen LogP contribution in [0.2, 0.25) is 0 Å². The second kappa shape index (κ2) is 4.01. The van der Waals surface area contributed by atoms with E-state index in [2.05, 4.69) is 9.97 Å². The van der Waals surface area contributed by atoms with E-state index in [0.717, 1.165) is 11.0 Å². The van der Waals surface area contributed by atoms with E-state index in [1.165, 1.54) is 0 Å². The van der Waals surface area contributed by atoms with Crippen molar-refractivity contribution in [2.45, 2.75) is 18.6 Å². The van der Waals surface area contributed by atoms with Crippen molar-refractivity contribution in [2.24, 2.45) is 0 Å². The molecule has 0 aliphatic rings. The second-order valence-electron chi connectivity index (χ2n) is 4.12. The lowest BCUT2D eigenvalue weighted by molar-refractivity contribution is 0.502. The first kappa shape index (κ1) is 12.4. The molecule has 0 radical (unpaired) electrons. The quantitative estimate of drug-likeness (QED) is 0.662. The first-order valence-corrected chi connectivity index (χ1v) is 7.68. The van der Waals surface area contributed by atoms with Gasteiger partial charge in [-0.15, -0.1) is 0 Å². The van der Waals surface area contributed by atoms with E-state index in [-0.39, 0.29) is 0 Å². The Morgan fingerprint density at radius 1 is 1.35 bits per heavy atom. The lowest BCUT2D eigenvalue weighted by atomic mass is 10.2. The average molecular weight is 272 g/mol. The number of imidazole rings is 1. The predicted octanol–water partition coefficient (Wildman–Crippen LogP) is 2.33. The Kier molecular flexibility index (Phi) is 2.92. The van der Waals surface area contributed by atoms with E-state index in [1.54, 1.807) is 13.8 Å². The molecule has 2 N–H and O–H groups in total. The topological polar surface area (TPSA) is 83.1 Å². The van der Waals surface area contributed by atoms with Crippen molar-refractivity contribution in [2.75, 3.05) is 0 Å². The van der Waals surface area contributed by atoms with Gasteiger partial charge >= 0.3 is 9.15 Å². The van der Waals surface area contributed by atoms with Crippen LogP contribution in [0.5, 0.6) is 0 Å². The third-order valence-electron chi connectivity index (χ3n) is 2.27. The highest BCUT2D eigenvalue weighted by molar-refractivity contribution is 8.70. The zero-order valence-corrected chi connectivity index (χ0v) is 11.0. The maximum atomic E-state index is 10.9. The third-order valence-corrected chi connectivity index (χ3v) is 4.98. The molecule has 0 saturated carbocycles. The highest BCUT2D eigenvalue weighted by Gasteiger charge is 2.31. The minimum absolute atomic E-state index is 0.461. The molecule has 2 rings (SSSR count). The molecule has 17 heavy (non-hydrogen) atoms. The number of fused-ring (bicyclic) bond motifs is 1. The zero-order chi connectivity index (χ0) is 12.7. The van der Waals surface area contributed by atoms with E-state index in [9.17, 15) is 8.42 Å². The molecule has 0 fully saturated rings. The number of aromatic nitrogens is 2. The molecular formula is C10H12N2O3S2. The van der Waals surface area contributed by atoms with Crippen molar-refractivity contribution in [1.29, 1.82) is 0 Å². The number of hydrogen-bond donors (Lipinski definition) is 2. The highest BCUT2D eigenvalue weighted by Crippen LogP contribution is 2.37. The van der Waals surface area contributed by atoms with Crippen LogP contribution < -0.4 is 0 Å². The summed E-state index contributed by atoms with van der Waals surface area (Å²) in [5.41, 5.74) is 1.61. The molecule has 7 heteroatoms. The molecule has 0 spiro atoms. The molecule has 0 unspecified atom stereocenters. The number of H-pyrrole nitrogens is 1. The molecule has 92 valence electrons. The van der Waals surface area contributed by atoms with Crippen molar-refractivity contribution in [3.8, 4) is 0 Å². The fraction of sp³-hybridized carbons (Fsp3) is 0.300. The molecule has 0 atom stereocenters. The summed E-state index contributed by atoms with van der Waals surface area (Å²) >= 11 is 0. The van der Waals surface area contributed by atoms with Gasteiger partial charge in [0.05, 0.1) is 15.8 Å². The van der Waals surface area contributed by atoms with Gasteiger partial charge in [-0.3, -0.25) is 4.55 Å². The molecule has 1 aromatic heterocycles. The number of nitrogens with one attached hydrogen (secondary N) is 1. The van der Waals surface area contributed by atoms with Crippen LogP contribution in [0.1, 0.15) is 19.7 Å². The molecular weight excluding hydrogens is 260 g/mol. The van der Waals surface area contributed by atoms with Crippen LogP contribution in [-0.2, 0) is 13.9 Å². The van der Waals surface area contributed by atoms with Gasteiger partial charge in [0.15, 0.2) is 0 Å². The van der Waals surface area contributed by atoms with Gasteiger partial charge < -0.3 is 4.98 Å². The van der Waals surface area contributed by atoms with Crippen LogP contribution in [0.15, 0.2) is 24.3 Å². The molecule has 0 aliphatic heterocycles. The Balaban J connectivity index is 2.45. The summed E-state index contributed by atoms with van der Waals surface area (Å²) in [6, 6.07) is 7.42. The van der Waals surface area contributed by atoms with Crippen LogP contribution in [-0.4, -0.2) is 22.9 Å². The fourth-order valence-electron chi connectivity index (χ4n) is 1.54. The molecule has 0 bridgehead atoms. The normalized spacial score (nSPS) is 13.1. The average Bonchev–Trinajstić information content (AvgIpc) is 2.57. The van der Waals surface area contributed by atoms with Gasteiger partial charge in [0.25, 0.3) is 0 Å². The molecule has 0 saturated heterocycles. The number of aromatic amines is 1. The standard InChI is InChI=1S/C10H12N2O3S2/c1-10(2,16-17(13,14)15)9-11-7-5-3-4-6-8(7)12-9/h3-6H,1-2H3,(H,11,12)(H,13,14,15). The first-order valence-electron chi connectivity index (χ1n) is 4.91. The van der Waals surface area contributed by atoms with Gasteiger partial charge in [0.2, 0.25) is 0 Å². The van der Waals surface area contributed by atoms with Gasteiger partial charge in [-0.2, -0.15) is 8.42 Å². The summed E-state index contributed by atoms with van der Waals surface area (Å²) < 4.78 is 29.9. The smallest absolute Gasteiger partial charge is 0.320 e. The molecule has 0 amide bonds. The lowest BCUT2D eigenvalue weighted by Crippen LogP contribution is -2.17. The molecule has 5 nitrogen and oxygen atoms in total. The predicted molar refractivity (Wildman–Crippen MR) is 68.3 cm³/mol. The van der Waals surface area contributed by atoms with Crippen LogP contribution >= 0.6 is 10.8 Å². The van der Waals surface area contributed by atoms with Crippen molar-refractivity contribution >= 4 is 31.0 Å². The Hall–Kier alpha value is -1.05. The Labute approximate surface area is 103 Å². The zero-order valence-electron chi connectivity index (χ0n) is 9.34. The number of benzene rings is 1. The SMILES string of the molecule is CC(C)(SS(=O)(=O)O)c1nc2ccccc2[nH]1. The summed E-state index contributed by atoms with van der Waals surface area (Å²) in [5, 5.41) is 0. The van der Waals surface area contributed by atoms with E-state index in [1.807, 2.05) is 24.3 Å². The lowest BCUT2D eigenvalue weighted by Gasteiger charge is -2.18. The summed E-state index contributed by atoms with van der Waals surface area (Å²) in [7, 11) is -3.65. The number of para-hydroxylation sites is 2. The Morgan fingerprint density at radius 3 is 2.59 bits per heavy atom. The van der Waals surface area contributed by atoms with Gasteiger partial charge in [-0.05, 0) is 26.0 Å². The van der Waals surface area contributed by atoms with Crippen molar-refractivity contribution in [3.63, 3.8) is 0 Å². The number of rotatable bonds is 3.